The SMILES string of the molecule is O=C(NC[C@H]1CN(c2ccc(N3CCNN(C(=O)NCCO)CC3)c(F)c2)C(=O)O1)C(F)F. The standard InChI is InChI=1S/C19H25F3N6O5/c20-14-9-12(27-11-13(33-19(27)32)10-24-17(30)16(21)22)1-2-15(14)26-5-3-25-28(7-6-26)18(31)23-4-8-29/h1-2,9,13,16,25,29H,3-8,10-11H2,(H,23,31)(H,24,30)/t13-/m0/s1. The number of halogens is 3. The van der Waals surface area contributed by atoms with Gasteiger partial charge >= 0.3 is 18.5 Å². The van der Waals surface area contributed by atoms with Gasteiger partial charge in [-0.1, -0.05) is 0 Å². The van der Waals surface area contributed by atoms with E-state index in [2.05, 4.69) is 10.7 Å². The molecular formula is C19H25F3N6O5. The summed E-state index contributed by atoms with van der Waals surface area (Å²) in [5.41, 5.74) is 3.44. The zero-order valence-corrected chi connectivity index (χ0v) is 17.6. The van der Waals surface area contributed by atoms with Crippen molar-refractivity contribution in [2.75, 3.05) is 62.2 Å². The number of rotatable bonds is 7. The van der Waals surface area contributed by atoms with Crippen LogP contribution in [0.2, 0.25) is 0 Å². The molecule has 182 valence electrons. The van der Waals surface area contributed by atoms with E-state index in [9.17, 15) is 27.6 Å². The quantitative estimate of drug-likeness (QED) is 0.433. The number of ether oxygens (including phenoxy) is 1. The van der Waals surface area contributed by atoms with Crippen LogP contribution in [-0.2, 0) is 9.53 Å². The van der Waals surface area contributed by atoms with E-state index in [-0.39, 0.29) is 44.2 Å². The van der Waals surface area contributed by atoms with E-state index in [1.54, 1.807) is 4.90 Å². The first-order valence-electron chi connectivity index (χ1n) is 10.3. The molecule has 0 bridgehead atoms. The minimum Gasteiger partial charge on any atom is -0.442 e. The van der Waals surface area contributed by atoms with Gasteiger partial charge in [0.15, 0.2) is 0 Å². The second-order valence-electron chi connectivity index (χ2n) is 7.30. The van der Waals surface area contributed by atoms with Crippen molar-refractivity contribution in [3.05, 3.63) is 24.0 Å². The summed E-state index contributed by atoms with van der Waals surface area (Å²) in [6.07, 6.45) is -4.79. The summed E-state index contributed by atoms with van der Waals surface area (Å²) >= 11 is 0. The Morgan fingerprint density at radius 1 is 1.24 bits per heavy atom. The highest BCUT2D eigenvalue weighted by molar-refractivity contribution is 5.90. The molecule has 2 aliphatic heterocycles. The lowest BCUT2D eigenvalue weighted by atomic mass is 10.2. The van der Waals surface area contributed by atoms with Crippen LogP contribution in [0, 0.1) is 5.82 Å². The lowest BCUT2D eigenvalue weighted by Crippen LogP contribution is -2.49. The van der Waals surface area contributed by atoms with Crippen LogP contribution >= 0.6 is 0 Å². The molecule has 0 unspecified atom stereocenters. The van der Waals surface area contributed by atoms with E-state index in [0.29, 0.717) is 19.6 Å². The molecule has 2 aliphatic rings. The Morgan fingerprint density at radius 3 is 2.73 bits per heavy atom. The topological polar surface area (TPSA) is 126 Å². The Labute approximate surface area is 187 Å². The normalized spacial score (nSPS) is 18.9. The van der Waals surface area contributed by atoms with Gasteiger partial charge < -0.3 is 25.4 Å². The molecule has 3 rings (SSSR count). The van der Waals surface area contributed by atoms with E-state index in [1.807, 2.05) is 5.32 Å². The molecule has 0 aromatic heterocycles. The first kappa shape index (κ1) is 24.4. The average molecular weight is 474 g/mol. The van der Waals surface area contributed by atoms with E-state index in [4.69, 9.17) is 9.84 Å². The highest BCUT2D eigenvalue weighted by Gasteiger charge is 2.33. The summed E-state index contributed by atoms with van der Waals surface area (Å²) in [4.78, 5) is 38.0. The van der Waals surface area contributed by atoms with Crippen LogP contribution in [-0.4, -0.2) is 93.1 Å². The van der Waals surface area contributed by atoms with Gasteiger partial charge in [-0.2, -0.15) is 8.78 Å². The molecular weight excluding hydrogens is 449 g/mol. The Hall–Kier alpha value is -3.26. The van der Waals surface area contributed by atoms with Crippen LogP contribution in [0.5, 0.6) is 0 Å². The summed E-state index contributed by atoms with van der Waals surface area (Å²) in [7, 11) is 0. The number of urea groups is 1. The van der Waals surface area contributed by atoms with Crippen LogP contribution in [0.15, 0.2) is 18.2 Å². The van der Waals surface area contributed by atoms with Crippen molar-refractivity contribution in [2.24, 2.45) is 0 Å². The Kier molecular flexibility index (Phi) is 8.16. The van der Waals surface area contributed by atoms with Gasteiger partial charge in [0.05, 0.1) is 37.6 Å². The van der Waals surface area contributed by atoms with Gasteiger partial charge in [0, 0.05) is 26.2 Å². The number of nitrogens with zero attached hydrogens (tertiary/aromatic N) is 3. The number of anilines is 2. The van der Waals surface area contributed by atoms with Gasteiger partial charge in [-0.25, -0.2) is 19.4 Å². The van der Waals surface area contributed by atoms with Crippen LogP contribution in [0.4, 0.5) is 34.1 Å². The number of nitrogens with one attached hydrogen (secondary N) is 3. The number of hydrogen-bond acceptors (Lipinski definition) is 7. The van der Waals surface area contributed by atoms with Crippen molar-refractivity contribution in [2.45, 2.75) is 12.5 Å². The lowest BCUT2D eigenvalue weighted by molar-refractivity contribution is -0.132. The molecule has 1 atom stereocenters. The average Bonchev–Trinajstić information content (AvgIpc) is 2.99. The number of benzene rings is 1. The number of aliphatic hydroxyl groups excluding tert-OH is 1. The number of aliphatic hydroxyl groups is 1. The molecule has 0 saturated carbocycles. The maximum atomic E-state index is 14.9. The largest absolute Gasteiger partial charge is 0.442 e. The molecule has 2 saturated heterocycles. The predicted octanol–water partition coefficient (Wildman–Crippen LogP) is -0.139. The fraction of sp³-hybridized carbons (Fsp3) is 0.526. The summed E-state index contributed by atoms with van der Waals surface area (Å²) in [6.45, 7) is 1.02. The van der Waals surface area contributed by atoms with Gasteiger partial charge in [-0.15, -0.1) is 0 Å². The van der Waals surface area contributed by atoms with Crippen molar-refractivity contribution in [1.29, 1.82) is 0 Å². The Balaban J connectivity index is 1.60. The Morgan fingerprint density at radius 2 is 2.03 bits per heavy atom. The third-order valence-corrected chi connectivity index (χ3v) is 5.07. The van der Waals surface area contributed by atoms with E-state index >= 15 is 0 Å². The molecule has 0 spiro atoms. The summed E-state index contributed by atoms with van der Waals surface area (Å²) in [6, 6.07) is 3.81. The third-order valence-electron chi connectivity index (χ3n) is 5.07. The molecule has 1 aromatic carbocycles. The van der Waals surface area contributed by atoms with Gasteiger partial charge in [-0.05, 0) is 18.2 Å². The number of carbonyl (C=O) groups is 3. The number of alkyl halides is 2. The third kappa shape index (κ3) is 6.16. The molecule has 0 radical (unpaired) electrons. The van der Waals surface area contributed by atoms with Crippen LogP contribution < -0.4 is 25.9 Å². The number of hydrazine groups is 1. The first-order valence-corrected chi connectivity index (χ1v) is 10.3. The van der Waals surface area contributed by atoms with Crippen molar-refractivity contribution < 1.29 is 37.4 Å². The highest BCUT2D eigenvalue weighted by atomic mass is 19.3. The lowest BCUT2D eigenvalue weighted by Gasteiger charge is -2.24. The first-order chi connectivity index (χ1) is 15.8. The molecule has 11 nitrogen and oxygen atoms in total. The number of carbonyl (C=O) groups excluding carboxylic acids is 3. The number of hydrogen-bond donors (Lipinski definition) is 4. The van der Waals surface area contributed by atoms with Crippen LogP contribution in [0.1, 0.15) is 0 Å². The smallest absolute Gasteiger partial charge is 0.414 e. The Bertz CT molecular complexity index is 876. The fourth-order valence-electron chi connectivity index (χ4n) is 3.45. The van der Waals surface area contributed by atoms with Gasteiger partial charge in [0.1, 0.15) is 11.9 Å². The molecule has 4 N–H and O–H groups in total. The van der Waals surface area contributed by atoms with Crippen LogP contribution in [0.3, 0.4) is 0 Å². The molecule has 2 fully saturated rings. The highest BCUT2D eigenvalue weighted by Crippen LogP contribution is 2.28. The summed E-state index contributed by atoms with van der Waals surface area (Å²) in [5.74, 6) is -2.05. The maximum absolute atomic E-state index is 14.9. The van der Waals surface area contributed by atoms with Crippen molar-refractivity contribution in [1.82, 2.24) is 21.1 Å². The minimum atomic E-state index is -3.17. The number of cyclic esters (lactones) is 1. The minimum absolute atomic E-state index is 0.0350. The van der Waals surface area contributed by atoms with Crippen molar-refractivity contribution in [3.8, 4) is 0 Å². The molecule has 4 amide bonds. The summed E-state index contributed by atoms with van der Waals surface area (Å²) < 4.78 is 44.5. The second-order valence-corrected chi connectivity index (χ2v) is 7.30. The monoisotopic (exact) mass is 474 g/mol. The second kappa shape index (κ2) is 11.0. The molecule has 2 heterocycles. The molecule has 33 heavy (non-hydrogen) atoms. The van der Waals surface area contributed by atoms with Crippen LogP contribution in [0.25, 0.3) is 0 Å². The van der Waals surface area contributed by atoms with E-state index in [0.717, 1.165) is 4.90 Å². The zero-order chi connectivity index (χ0) is 24.0. The molecule has 0 aliphatic carbocycles. The zero-order valence-electron chi connectivity index (χ0n) is 17.6. The van der Waals surface area contributed by atoms with E-state index < -0.39 is 36.4 Å². The molecule has 14 heteroatoms. The summed E-state index contributed by atoms with van der Waals surface area (Å²) in [5, 5.41) is 14.7. The fourth-order valence-corrected chi connectivity index (χ4v) is 3.45. The van der Waals surface area contributed by atoms with E-state index in [1.165, 1.54) is 23.2 Å². The van der Waals surface area contributed by atoms with Gasteiger partial charge in [0.25, 0.3) is 5.91 Å². The maximum Gasteiger partial charge on any atom is 0.414 e. The van der Waals surface area contributed by atoms with Gasteiger partial charge in [-0.3, -0.25) is 14.7 Å². The van der Waals surface area contributed by atoms with Crippen molar-refractivity contribution in [3.63, 3.8) is 0 Å². The van der Waals surface area contributed by atoms with Crippen molar-refractivity contribution >= 4 is 29.4 Å². The number of amides is 4. The van der Waals surface area contributed by atoms with Gasteiger partial charge in [0.2, 0.25) is 0 Å². The molecule has 1 aromatic rings. The predicted molar refractivity (Wildman–Crippen MR) is 110 cm³/mol.